The van der Waals surface area contributed by atoms with Crippen LogP contribution in [0.2, 0.25) is 0 Å². The van der Waals surface area contributed by atoms with Gasteiger partial charge in [0.05, 0.1) is 0 Å². The van der Waals surface area contributed by atoms with Crippen molar-refractivity contribution < 1.29 is 4.39 Å². The number of halogens is 1. The number of piperidine rings is 1. The van der Waals surface area contributed by atoms with Crippen LogP contribution in [0, 0.1) is 5.92 Å². The van der Waals surface area contributed by atoms with Gasteiger partial charge in [-0.3, -0.25) is 0 Å². The highest BCUT2D eigenvalue weighted by atomic mass is 19.1. The smallest absolute Gasteiger partial charge is 0.133 e. The quantitative estimate of drug-likeness (QED) is 0.708. The number of nitrogens with one attached hydrogen (secondary N) is 1. The van der Waals surface area contributed by atoms with E-state index in [4.69, 9.17) is 0 Å². The summed E-state index contributed by atoms with van der Waals surface area (Å²) in [4.78, 5) is 0. The second-order valence-electron chi connectivity index (χ2n) is 5.45. The van der Waals surface area contributed by atoms with Gasteiger partial charge in [-0.05, 0) is 57.6 Å². The van der Waals surface area contributed by atoms with E-state index in [-0.39, 0.29) is 5.92 Å². The third-order valence-corrected chi connectivity index (χ3v) is 4.23. The molecule has 0 bridgehead atoms. The maximum Gasteiger partial charge on any atom is 0.133 e. The van der Waals surface area contributed by atoms with Crippen LogP contribution >= 0.6 is 0 Å². The largest absolute Gasteiger partial charge is 0.316 e. The molecule has 16 heavy (non-hydrogen) atoms. The number of hydrogen-bond donors (Lipinski definition) is 1. The van der Waals surface area contributed by atoms with Gasteiger partial charge in [0.25, 0.3) is 0 Å². The zero-order chi connectivity index (χ0) is 11.4. The Kier molecular flexibility index (Phi) is 4.01. The van der Waals surface area contributed by atoms with Crippen molar-refractivity contribution in [2.24, 2.45) is 5.92 Å². The molecule has 0 aromatic carbocycles. The van der Waals surface area contributed by atoms with E-state index in [9.17, 15) is 4.39 Å². The fourth-order valence-corrected chi connectivity index (χ4v) is 3.04. The van der Waals surface area contributed by atoms with Crippen molar-refractivity contribution in [2.45, 2.75) is 57.5 Å². The van der Waals surface area contributed by atoms with Gasteiger partial charge in [0.1, 0.15) is 5.67 Å². The summed E-state index contributed by atoms with van der Waals surface area (Å²) in [6.07, 6.45) is 10.1. The van der Waals surface area contributed by atoms with E-state index >= 15 is 0 Å². The van der Waals surface area contributed by atoms with Gasteiger partial charge in [-0.1, -0.05) is 12.5 Å². The molecular formula is C14H24FN. The maximum absolute atomic E-state index is 14.9. The summed E-state index contributed by atoms with van der Waals surface area (Å²) >= 11 is 0. The molecule has 1 aliphatic heterocycles. The van der Waals surface area contributed by atoms with Crippen LogP contribution < -0.4 is 5.32 Å². The topological polar surface area (TPSA) is 12.0 Å². The summed E-state index contributed by atoms with van der Waals surface area (Å²) in [5, 5.41) is 3.33. The highest BCUT2D eigenvalue weighted by Crippen LogP contribution is 2.38. The Morgan fingerprint density at radius 3 is 2.94 bits per heavy atom. The van der Waals surface area contributed by atoms with Crippen LogP contribution in [-0.4, -0.2) is 18.8 Å². The van der Waals surface area contributed by atoms with Crippen LogP contribution in [0.3, 0.4) is 0 Å². The Morgan fingerprint density at radius 2 is 2.19 bits per heavy atom. The van der Waals surface area contributed by atoms with Gasteiger partial charge in [-0.15, -0.1) is 0 Å². The summed E-state index contributed by atoms with van der Waals surface area (Å²) in [6, 6.07) is 0. The first-order valence-electron chi connectivity index (χ1n) is 6.80. The molecule has 2 aliphatic rings. The van der Waals surface area contributed by atoms with Crippen molar-refractivity contribution in [3.63, 3.8) is 0 Å². The van der Waals surface area contributed by atoms with Crippen LogP contribution in [-0.2, 0) is 0 Å². The molecule has 2 atom stereocenters. The van der Waals surface area contributed by atoms with Crippen LogP contribution in [0.1, 0.15) is 51.9 Å². The molecule has 2 rings (SSSR count). The summed E-state index contributed by atoms with van der Waals surface area (Å²) in [5.41, 5.74) is 0.0105. The van der Waals surface area contributed by atoms with Crippen molar-refractivity contribution in [2.75, 3.05) is 13.1 Å². The molecule has 1 N–H and O–H groups in total. The number of hydrogen-bond acceptors (Lipinski definition) is 1. The van der Waals surface area contributed by atoms with E-state index in [1.165, 1.54) is 19.3 Å². The van der Waals surface area contributed by atoms with Gasteiger partial charge >= 0.3 is 0 Å². The Labute approximate surface area is 98.5 Å². The minimum Gasteiger partial charge on any atom is -0.316 e. The van der Waals surface area contributed by atoms with Crippen molar-refractivity contribution in [3.8, 4) is 0 Å². The predicted molar refractivity (Wildman–Crippen MR) is 66.3 cm³/mol. The highest BCUT2D eigenvalue weighted by molar-refractivity contribution is 5.19. The predicted octanol–water partition coefficient (Wildman–Crippen LogP) is 3.60. The molecular weight excluding hydrogens is 201 g/mol. The van der Waals surface area contributed by atoms with Gasteiger partial charge in [-0.25, -0.2) is 4.39 Å². The lowest BCUT2D eigenvalue weighted by Crippen LogP contribution is -2.42. The van der Waals surface area contributed by atoms with Crippen LogP contribution in [0.25, 0.3) is 0 Å². The Hall–Kier alpha value is -0.370. The Bertz CT molecular complexity index is 251. The van der Waals surface area contributed by atoms with Crippen LogP contribution in [0.4, 0.5) is 4.39 Å². The van der Waals surface area contributed by atoms with E-state index in [0.717, 1.165) is 44.3 Å². The van der Waals surface area contributed by atoms with E-state index in [1.807, 2.05) is 6.92 Å². The summed E-state index contributed by atoms with van der Waals surface area (Å²) < 4.78 is 14.9. The summed E-state index contributed by atoms with van der Waals surface area (Å²) in [6.45, 7) is 3.72. The van der Waals surface area contributed by atoms with E-state index < -0.39 is 5.67 Å². The van der Waals surface area contributed by atoms with Crippen molar-refractivity contribution in [3.05, 3.63) is 11.6 Å². The average molecular weight is 225 g/mol. The lowest BCUT2D eigenvalue weighted by molar-refractivity contribution is 0.116. The number of rotatable bonds is 2. The molecule has 0 spiro atoms. The summed E-state index contributed by atoms with van der Waals surface area (Å²) in [7, 11) is 0. The minimum absolute atomic E-state index is 0.186. The molecule has 0 aromatic heterocycles. The first kappa shape index (κ1) is 12.1. The monoisotopic (exact) mass is 225 g/mol. The van der Waals surface area contributed by atoms with Gasteiger partial charge < -0.3 is 5.32 Å². The van der Waals surface area contributed by atoms with E-state index in [2.05, 4.69) is 11.4 Å². The Morgan fingerprint density at radius 1 is 1.31 bits per heavy atom. The fourth-order valence-electron chi connectivity index (χ4n) is 3.04. The first-order valence-corrected chi connectivity index (χ1v) is 6.80. The van der Waals surface area contributed by atoms with Crippen molar-refractivity contribution in [1.82, 2.24) is 5.32 Å². The average Bonchev–Trinajstić information content (AvgIpc) is 2.59. The normalized spacial score (nSPS) is 31.4. The molecule has 1 fully saturated rings. The zero-order valence-corrected chi connectivity index (χ0v) is 10.4. The Balaban J connectivity index is 2.06. The van der Waals surface area contributed by atoms with Gasteiger partial charge in [-0.2, -0.15) is 0 Å². The van der Waals surface area contributed by atoms with Gasteiger partial charge in [0.15, 0.2) is 0 Å². The molecule has 2 heteroatoms. The SMILES string of the molecule is CC(F)(C1=CCCCCC1)C1CCCNC1. The van der Waals surface area contributed by atoms with Crippen molar-refractivity contribution >= 4 is 0 Å². The summed E-state index contributed by atoms with van der Waals surface area (Å²) in [5.74, 6) is 0.186. The molecule has 0 radical (unpaired) electrons. The first-order chi connectivity index (χ1) is 7.71. The minimum atomic E-state index is -1.07. The maximum atomic E-state index is 14.9. The lowest BCUT2D eigenvalue weighted by atomic mass is 9.78. The highest BCUT2D eigenvalue weighted by Gasteiger charge is 2.38. The molecule has 1 saturated heterocycles. The second-order valence-corrected chi connectivity index (χ2v) is 5.45. The van der Waals surface area contributed by atoms with Gasteiger partial charge in [0.2, 0.25) is 0 Å². The standard InChI is InChI=1S/C14H24FN/c1-14(15,13-9-6-10-16-11-13)12-7-4-2-3-5-8-12/h7,13,16H,2-6,8-11H2,1H3. The molecule has 2 unspecified atom stereocenters. The molecule has 1 heterocycles. The third-order valence-electron chi connectivity index (χ3n) is 4.23. The molecule has 0 saturated carbocycles. The van der Waals surface area contributed by atoms with E-state index in [1.54, 1.807) is 0 Å². The van der Waals surface area contributed by atoms with Crippen molar-refractivity contribution in [1.29, 1.82) is 0 Å². The molecule has 92 valence electrons. The number of alkyl halides is 1. The lowest BCUT2D eigenvalue weighted by Gasteiger charge is -2.35. The third kappa shape index (κ3) is 2.65. The zero-order valence-electron chi connectivity index (χ0n) is 10.4. The number of allylic oxidation sites excluding steroid dienone is 2. The van der Waals surface area contributed by atoms with Crippen LogP contribution in [0.15, 0.2) is 11.6 Å². The van der Waals surface area contributed by atoms with Gasteiger partial charge in [0, 0.05) is 12.5 Å². The molecule has 0 aromatic rings. The van der Waals surface area contributed by atoms with E-state index in [0.29, 0.717) is 0 Å². The second kappa shape index (κ2) is 5.31. The molecule has 0 amide bonds. The molecule has 1 aliphatic carbocycles. The molecule has 1 nitrogen and oxygen atoms in total. The van der Waals surface area contributed by atoms with Crippen LogP contribution in [0.5, 0.6) is 0 Å². The fraction of sp³-hybridized carbons (Fsp3) is 0.857.